The Bertz CT molecular complexity index is 1180. The monoisotopic (exact) mass is 435 g/mol. The molecule has 1 amide bonds. The van der Waals surface area contributed by atoms with Crippen LogP contribution in [0.1, 0.15) is 12.3 Å². The van der Waals surface area contributed by atoms with Gasteiger partial charge in [0.25, 0.3) is 0 Å². The van der Waals surface area contributed by atoms with Crippen LogP contribution in [0.3, 0.4) is 0 Å². The van der Waals surface area contributed by atoms with Crippen molar-refractivity contribution in [3.8, 4) is 11.3 Å². The van der Waals surface area contributed by atoms with E-state index in [1.54, 1.807) is 12.1 Å². The lowest BCUT2D eigenvalue weighted by molar-refractivity contribution is -0.116. The zero-order valence-electron chi connectivity index (χ0n) is 16.2. The predicted octanol–water partition coefficient (Wildman–Crippen LogP) is 3.44. The molecule has 0 bridgehead atoms. The van der Waals surface area contributed by atoms with Gasteiger partial charge in [-0.3, -0.25) is 4.79 Å². The van der Waals surface area contributed by atoms with E-state index in [1.165, 1.54) is 38.5 Å². The normalized spacial score (nSPS) is 11.6. The number of sulfonamides is 1. The van der Waals surface area contributed by atoms with Crippen LogP contribution in [-0.4, -0.2) is 37.7 Å². The summed E-state index contributed by atoms with van der Waals surface area (Å²) in [6.45, 7) is 0. The predicted molar refractivity (Wildman–Crippen MR) is 106 cm³/mol. The minimum atomic E-state index is -3.73. The highest BCUT2D eigenvalue weighted by molar-refractivity contribution is 7.89. The van der Waals surface area contributed by atoms with Gasteiger partial charge < -0.3 is 9.73 Å². The number of amides is 1. The first-order chi connectivity index (χ1) is 14.2. The molecule has 0 fully saturated rings. The van der Waals surface area contributed by atoms with Crippen molar-refractivity contribution in [2.24, 2.45) is 0 Å². The number of halogens is 2. The molecule has 0 aliphatic rings. The fourth-order valence-electron chi connectivity index (χ4n) is 2.66. The van der Waals surface area contributed by atoms with Gasteiger partial charge in [0.05, 0.1) is 17.4 Å². The van der Waals surface area contributed by atoms with Crippen molar-refractivity contribution < 1.29 is 26.4 Å². The third kappa shape index (κ3) is 4.71. The Morgan fingerprint density at radius 3 is 2.60 bits per heavy atom. The lowest BCUT2D eigenvalue weighted by Gasteiger charge is -2.15. The van der Waals surface area contributed by atoms with Crippen molar-refractivity contribution in [1.29, 1.82) is 0 Å². The lowest BCUT2D eigenvalue weighted by Crippen LogP contribution is -2.24. The topological polar surface area (TPSA) is 92.5 Å². The van der Waals surface area contributed by atoms with E-state index in [1.807, 2.05) is 0 Å². The zero-order chi connectivity index (χ0) is 21.9. The fourth-order valence-corrected chi connectivity index (χ4v) is 3.71. The quantitative estimate of drug-likeness (QED) is 0.614. The molecule has 158 valence electrons. The van der Waals surface area contributed by atoms with Crippen LogP contribution in [-0.2, 0) is 21.2 Å². The lowest BCUT2D eigenvalue weighted by atomic mass is 10.2. The number of nitrogens with one attached hydrogen (secondary N) is 1. The fraction of sp³-hybridized carbons (Fsp3) is 0.200. The molecular weight excluding hydrogens is 416 g/mol. The van der Waals surface area contributed by atoms with Gasteiger partial charge in [0.2, 0.25) is 15.9 Å². The Balaban J connectivity index is 1.68. The molecule has 1 aromatic heterocycles. The van der Waals surface area contributed by atoms with Crippen LogP contribution in [0.5, 0.6) is 0 Å². The van der Waals surface area contributed by atoms with Gasteiger partial charge in [0, 0.05) is 33.0 Å². The molecule has 1 N–H and O–H groups in total. The van der Waals surface area contributed by atoms with E-state index < -0.39 is 27.6 Å². The first-order valence-electron chi connectivity index (χ1n) is 8.90. The maximum absolute atomic E-state index is 13.8. The highest BCUT2D eigenvalue weighted by atomic mass is 32.2. The van der Waals surface area contributed by atoms with Crippen molar-refractivity contribution in [2.75, 3.05) is 19.4 Å². The number of carbonyl (C=O) groups is 1. The van der Waals surface area contributed by atoms with Crippen LogP contribution in [0.2, 0.25) is 0 Å². The number of carbonyl (C=O) groups excluding carboxylic acids is 1. The van der Waals surface area contributed by atoms with E-state index in [9.17, 15) is 22.0 Å². The van der Waals surface area contributed by atoms with Crippen LogP contribution in [0.25, 0.3) is 11.3 Å². The van der Waals surface area contributed by atoms with Crippen molar-refractivity contribution in [2.45, 2.75) is 17.7 Å². The molecular formula is C20H19F2N3O4S. The number of aromatic nitrogens is 1. The Morgan fingerprint density at radius 2 is 1.90 bits per heavy atom. The van der Waals surface area contributed by atoms with E-state index in [4.69, 9.17) is 4.42 Å². The summed E-state index contributed by atoms with van der Waals surface area (Å²) in [6.07, 6.45) is 1.36. The van der Waals surface area contributed by atoms with Gasteiger partial charge in [-0.05, 0) is 24.3 Å². The van der Waals surface area contributed by atoms with Crippen molar-refractivity contribution in [3.63, 3.8) is 0 Å². The molecule has 0 spiro atoms. The number of hydrogen-bond acceptors (Lipinski definition) is 5. The number of nitrogens with zero attached hydrogens (tertiary/aromatic N) is 2. The van der Waals surface area contributed by atoms with Crippen molar-refractivity contribution in [3.05, 3.63) is 66.2 Å². The second kappa shape index (κ2) is 8.72. The molecule has 1 heterocycles. The molecule has 0 radical (unpaired) electrons. The summed E-state index contributed by atoms with van der Waals surface area (Å²) in [4.78, 5) is 16.3. The second-order valence-corrected chi connectivity index (χ2v) is 8.69. The minimum absolute atomic E-state index is 0.0199. The molecule has 0 unspecified atom stereocenters. The number of aryl methyl sites for hydroxylation is 1. The summed E-state index contributed by atoms with van der Waals surface area (Å²) in [7, 11) is -0.928. The van der Waals surface area contributed by atoms with Gasteiger partial charge in [-0.2, -0.15) is 0 Å². The third-order valence-electron chi connectivity index (χ3n) is 4.24. The average molecular weight is 435 g/mol. The number of oxazole rings is 1. The van der Waals surface area contributed by atoms with E-state index in [-0.39, 0.29) is 40.6 Å². The van der Waals surface area contributed by atoms with E-state index in [2.05, 4.69) is 10.3 Å². The van der Waals surface area contributed by atoms with Crippen LogP contribution in [0, 0.1) is 11.6 Å². The minimum Gasteiger partial charge on any atom is -0.441 e. The summed E-state index contributed by atoms with van der Waals surface area (Å²) in [5.41, 5.74) is 0.222. The van der Waals surface area contributed by atoms with E-state index in [0.29, 0.717) is 0 Å². The van der Waals surface area contributed by atoms with Gasteiger partial charge in [-0.1, -0.05) is 12.1 Å². The summed E-state index contributed by atoms with van der Waals surface area (Å²) in [6, 6.07) is 9.16. The van der Waals surface area contributed by atoms with Crippen LogP contribution >= 0.6 is 0 Å². The van der Waals surface area contributed by atoms with Gasteiger partial charge >= 0.3 is 0 Å². The Kier molecular flexibility index (Phi) is 6.28. The average Bonchev–Trinajstić information content (AvgIpc) is 3.15. The van der Waals surface area contributed by atoms with Crippen LogP contribution in [0.4, 0.5) is 14.5 Å². The van der Waals surface area contributed by atoms with E-state index >= 15 is 0 Å². The maximum Gasteiger partial charge on any atom is 0.244 e. The van der Waals surface area contributed by atoms with E-state index in [0.717, 1.165) is 16.4 Å². The van der Waals surface area contributed by atoms with Crippen molar-refractivity contribution >= 4 is 21.6 Å². The SMILES string of the molecule is CN(C)S(=O)(=O)c1ccccc1NC(=O)CCc1ncc(-c2ccc(F)cc2F)o1. The number of para-hydroxylation sites is 1. The summed E-state index contributed by atoms with van der Waals surface area (Å²) in [5, 5.41) is 2.58. The molecule has 0 aliphatic heterocycles. The molecule has 10 heteroatoms. The van der Waals surface area contributed by atoms with Gasteiger partial charge in [0.15, 0.2) is 11.7 Å². The summed E-state index contributed by atoms with van der Waals surface area (Å²) >= 11 is 0. The molecule has 3 aromatic rings. The number of hydrogen-bond donors (Lipinski definition) is 1. The Hall–Kier alpha value is -3.11. The molecule has 0 aliphatic carbocycles. The molecule has 3 rings (SSSR count). The van der Waals surface area contributed by atoms with Gasteiger partial charge in [0.1, 0.15) is 16.5 Å². The third-order valence-corrected chi connectivity index (χ3v) is 6.11. The highest BCUT2D eigenvalue weighted by Crippen LogP contribution is 2.25. The standard InChI is InChI=1S/C20H19F2N3O4S/c1-25(2)30(27,28)18-6-4-3-5-16(18)24-19(26)9-10-20-23-12-17(29-20)14-8-7-13(21)11-15(14)22/h3-8,11-12H,9-10H2,1-2H3,(H,24,26). The maximum atomic E-state index is 13.8. The van der Waals surface area contributed by atoms with Gasteiger partial charge in [-0.25, -0.2) is 26.5 Å². The Labute approximate surface area is 172 Å². The number of benzene rings is 2. The van der Waals surface area contributed by atoms with Crippen LogP contribution < -0.4 is 5.32 Å². The molecule has 0 saturated carbocycles. The molecule has 7 nitrogen and oxygen atoms in total. The Morgan fingerprint density at radius 1 is 1.17 bits per heavy atom. The first kappa shape index (κ1) is 21.6. The second-order valence-electron chi connectivity index (χ2n) is 6.57. The number of anilines is 1. The highest BCUT2D eigenvalue weighted by Gasteiger charge is 2.22. The molecule has 0 atom stereocenters. The first-order valence-corrected chi connectivity index (χ1v) is 10.3. The number of rotatable bonds is 7. The van der Waals surface area contributed by atoms with Gasteiger partial charge in [-0.15, -0.1) is 0 Å². The van der Waals surface area contributed by atoms with Crippen molar-refractivity contribution in [1.82, 2.24) is 9.29 Å². The molecule has 0 saturated heterocycles. The summed E-state index contributed by atoms with van der Waals surface area (Å²) < 4.78 is 58.2. The largest absolute Gasteiger partial charge is 0.441 e. The van der Waals surface area contributed by atoms with Crippen LogP contribution in [0.15, 0.2) is 58.0 Å². The smallest absolute Gasteiger partial charge is 0.244 e. The molecule has 2 aromatic carbocycles. The summed E-state index contributed by atoms with van der Waals surface area (Å²) in [5.74, 6) is -1.62. The zero-order valence-corrected chi connectivity index (χ0v) is 17.0. The molecule has 30 heavy (non-hydrogen) atoms.